The summed E-state index contributed by atoms with van der Waals surface area (Å²) >= 11 is 0. The molecule has 0 aliphatic carbocycles. The van der Waals surface area contributed by atoms with E-state index in [4.69, 9.17) is 9.72 Å². The van der Waals surface area contributed by atoms with Crippen LogP contribution in [0.5, 0.6) is 0 Å². The largest absolute Gasteiger partial charge is 0.454 e. The zero-order chi connectivity index (χ0) is 19.3. The number of carbonyl (C=O) groups is 1. The van der Waals surface area contributed by atoms with Crippen LogP contribution in [0.2, 0.25) is 0 Å². The van der Waals surface area contributed by atoms with E-state index in [2.05, 4.69) is 15.5 Å². The number of hydrogen-bond acceptors (Lipinski definition) is 6. The van der Waals surface area contributed by atoms with Crippen LogP contribution in [0.4, 0.5) is 0 Å². The molecule has 4 aromatic rings. The summed E-state index contributed by atoms with van der Waals surface area (Å²) in [7, 11) is 0. The predicted molar refractivity (Wildman–Crippen MR) is 104 cm³/mol. The van der Waals surface area contributed by atoms with Gasteiger partial charge >= 0.3 is 5.97 Å². The SMILES string of the molecule is CCCn1nnnc1COC(=O)c1cc(-c2ccccc2)nc2ccccc12. The number of pyridine rings is 1. The van der Waals surface area contributed by atoms with Crippen molar-refractivity contribution in [1.29, 1.82) is 0 Å². The number of ether oxygens (including phenoxy) is 1. The van der Waals surface area contributed by atoms with Gasteiger partial charge in [-0.25, -0.2) is 14.5 Å². The Balaban J connectivity index is 1.66. The Morgan fingerprint density at radius 1 is 1.07 bits per heavy atom. The number of aryl methyl sites for hydroxylation is 1. The second-order valence-corrected chi connectivity index (χ2v) is 6.33. The van der Waals surface area contributed by atoms with Crippen molar-refractivity contribution in [2.45, 2.75) is 26.5 Å². The lowest BCUT2D eigenvalue weighted by atomic mass is 10.0. The number of rotatable bonds is 6. The van der Waals surface area contributed by atoms with Crippen LogP contribution in [-0.4, -0.2) is 31.2 Å². The highest BCUT2D eigenvalue weighted by atomic mass is 16.5. The van der Waals surface area contributed by atoms with E-state index in [0.29, 0.717) is 17.9 Å². The van der Waals surface area contributed by atoms with Crippen molar-refractivity contribution in [2.75, 3.05) is 0 Å². The fraction of sp³-hybridized carbons (Fsp3) is 0.190. The molecule has 0 radical (unpaired) electrons. The summed E-state index contributed by atoms with van der Waals surface area (Å²) in [6.45, 7) is 2.73. The smallest absolute Gasteiger partial charge is 0.339 e. The number of nitrogens with zero attached hydrogens (tertiary/aromatic N) is 5. The van der Waals surface area contributed by atoms with E-state index in [0.717, 1.165) is 28.6 Å². The first-order valence-corrected chi connectivity index (χ1v) is 9.13. The quantitative estimate of drug-likeness (QED) is 0.480. The standard InChI is InChI=1S/C21H19N5O2/c1-2-12-26-20(23-24-25-26)14-28-21(27)17-13-19(15-8-4-3-5-9-15)22-18-11-7-6-10-16(17)18/h3-11,13H,2,12,14H2,1H3. The summed E-state index contributed by atoms with van der Waals surface area (Å²) in [5, 5.41) is 12.3. The molecule has 7 heteroatoms. The van der Waals surface area contributed by atoms with Crippen LogP contribution in [0, 0.1) is 0 Å². The molecule has 0 aliphatic rings. The lowest BCUT2D eigenvalue weighted by Crippen LogP contribution is -2.11. The van der Waals surface area contributed by atoms with Crippen LogP contribution in [-0.2, 0) is 17.9 Å². The molecule has 0 fully saturated rings. The van der Waals surface area contributed by atoms with Crippen LogP contribution in [0.15, 0.2) is 60.7 Å². The summed E-state index contributed by atoms with van der Waals surface area (Å²) in [4.78, 5) is 17.6. The van der Waals surface area contributed by atoms with Gasteiger partial charge in [0, 0.05) is 17.5 Å². The summed E-state index contributed by atoms with van der Waals surface area (Å²) < 4.78 is 7.17. The number of fused-ring (bicyclic) bond motifs is 1. The number of para-hydroxylation sites is 1. The van der Waals surface area contributed by atoms with E-state index in [1.165, 1.54) is 0 Å². The maximum absolute atomic E-state index is 12.9. The van der Waals surface area contributed by atoms with Gasteiger partial charge in [0.1, 0.15) is 0 Å². The summed E-state index contributed by atoms with van der Waals surface area (Å²) in [6.07, 6.45) is 0.890. The Morgan fingerprint density at radius 3 is 2.68 bits per heavy atom. The third-order valence-electron chi connectivity index (χ3n) is 4.38. The van der Waals surface area contributed by atoms with Crippen molar-refractivity contribution >= 4 is 16.9 Å². The van der Waals surface area contributed by atoms with E-state index in [1.54, 1.807) is 10.7 Å². The number of tetrazole rings is 1. The molecule has 0 N–H and O–H groups in total. The van der Waals surface area contributed by atoms with Gasteiger partial charge in [0.25, 0.3) is 0 Å². The minimum absolute atomic E-state index is 0.0170. The second-order valence-electron chi connectivity index (χ2n) is 6.33. The molecule has 0 aliphatic heterocycles. The Bertz CT molecular complexity index is 1110. The highest BCUT2D eigenvalue weighted by molar-refractivity contribution is 6.04. The van der Waals surface area contributed by atoms with Gasteiger partial charge < -0.3 is 4.74 Å². The first kappa shape index (κ1) is 17.8. The molecule has 28 heavy (non-hydrogen) atoms. The van der Waals surface area contributed by atoms with Gasteiger partial charge in [0.2, 0.25) is 0 Å². The average molecular weight is 373 g/mol. The van der Waals surface area contributed by atoms with Crippen molar-refractivity contribution < 1.29 is 9.53 Å². The monoisotopic (exact) mass is 373 g/mol. The normalized spacial score (nSPS) is 10.9. The summed E-state index contributed by atoms with van der Waals surface area (Å²) in [5.41, 5.74) is 2.88. The van der Waals surface area contributed by atoms with E-state index >= 15 is 0 Å². The molecule has 2 aromatic heterocycles. The zero-order valence-corrected chi connectivity index (χ0v) is 15.4. The van der Waals surface area contributed by atoms with Gasteiger partial charge in [-0.1, -0.05) is 55.5 Å². The molecule has 0 saturated heterocycles. The van der Waals surface area contributed by atoms with Crippen molar-refractivity contribution in [3.05, 3.63) is 72.1 Å². The van der Waals surface area contributed by atoms with Gasteiger partial charge in [-0.05, 0) is 29.0 Å². The van der Waals surface area contributed by atoms with Crippen molar-refractivity contribution in [2.24, 2.45) is 0 Å². The van der Waals surface area contributed by atoms with Gasteiger partial charge in [-0.3, -0.25) is 0 Å². The fourth-order valence-corrected chi connectivity index (χ4v) is 3.02. The van der Waals surface area contributed by atoms with Crippen LogP contribution in [0.1, 0.15) is 29.5 Å². The summed E-state index contributed by atoms with van der Waals surface area (Å²) in [5.74, 6) is 0.0960. The molecule has 2 aromatic carbocycles. The molecule has 0 spiro atoms. The molecule has 140 valence electrons. The second kappa shape index (κ2) is 7.96. The van der Waals surface area contributed by atoms with Crippen molar-refractivity contribution in [1.82, 2.24) is 25.2 Å². The molecule has 2 heterocycles. The molecule has 0 bridgehead atoms. The third kappa shape index (κ3) is 3.59. The van der Waals surface area contributed by atoms with Crippen molar-refractivity contribution in [3.63, 3.8) is 0 Å². The topological polar surface area (TPSA) is 82.8 Å². The Hall–Kier alpha value is -3.61. The highest BCUT2D eigenvalue weighted by Gasteiger charge is 2.16. The Labute approximate surface area is 162 Å². The predicted octanol–water partition coefficient (Wildman–Crippen LogP) is 3.66. The lowest BCUT2D eigenvalue weighted by Gasteiger charge is -2.10. The van der Waals surface area contributed by atoms with E-state index in [9.17, 15) is 4.79 Å². The highest BCUT2D eigenvalue weighted by Crippen LogP contribution is 2.25. The fourth-order valence-electron chi connectivity index (χ4n) is 3.02. The molecular formula is C21H19N5O2. The molecule has 0 atom stereocenters. The van der Waals surface area contributed by atoms with E-state index < -0.39 is 5.97 Å². The molecule has 0 saturated carbocycles. The number of benzene rings is 2. The summed E-state index contributed by atoms with van der Waals surface area (Å²) in [6, 6.07) is 19.1. The molecule has 0 unspecified atom stereocenters. The van der Waals surface area contributed by atoms with Crippen LogP contribution in [0.25, 0.3) is 22.2 Å². The number of esters is 1. The molecule has 4 rings (SSSR count). The third-order valence-corrected chi connectivity index (χ3v) is 4.38. The first-order chi connectivity index (χ1) is 13.8. The number of aromatic nitrogens is 5. The van der Waals surface area contributed by atoms with Crippen LogP contribution in [0.3, 0.4) is 0 Å². The number of carbonyl (C=O) groups excluding carboxylic acids is 1. The molecular weight excluding hydrogens is 354 g/mol. The van der Waals surface area contributed by atoms with E-state index in [-0.39, 0.29) is 6.61 Å². The van der Waals surface area contributed by atoms with Crippen molar-refractivity contribution in [3.8, 4) is 11.3 Å². The maximum atomic E-state index is 12.9. The minimum atomic E-state index is -0.429. The first-order valence-electron chi connectivity index (χ1n) is 9.13. The van der Waals surface area contributed by atoms with E-state index in [1.807, 2.05) is 61.5 Å². The molecule has 0 amide bonds. The molecule has 7 nitrogen and oxygen atoms in total. The maximum Gasteiger partial charge on any atom is 0.339 e. The number of hydrogen-bond donors (Lipinski definition) is 0. The lowest BCUT2D eigenvalue weighted by molar-refractivity contribution is 0.0458. The minimum Gasteiger partial charge on any atom is -0.454 e. The zero-order valence-electron chi connectivity index (χ0n) is 15.4. The van der Waals surface area contributed by atoms with Crippen LogP contribution < -0.4 is 0 Å². The van der Waals surface area contributed by atoms with Gasteiger partial charge in [0.15, 0.2) is 12.4 Å². The Morgan fingerprint density at radius 2 is 1.86 bits per heavy atom. The van der Waals surface area contributed by atoms with Gasteiger partial charge in [-0.2, -0.15) is 0 Å². The van der Waals surface area contributed by atoms with Gasteiger partial charge in [-0.15, -0.1) is 5.10 Å². The average Bonchev–Trinajstić information content (AvgIpc) is 3.19. The Kier molecular flexibility index (Phi) is 5.05. The van der Waals surface area contributed by atoms with Crippen LogP contribution >= 0.6 is 0 Å². The van der Waals surface area contributed by atoms with Gasteiger partial charge in [0.05, 0.1) is 16.8 Å².